The number of carboxylic acid groups (broad SMARTS) is 1. The molecule has 2 unspecified atom stereocenters. The van der Waals surface area contributed by atoms with Crippen LogP contribution in [0.5, 0.6) is 0 Å². The molecule has 1 heterocycles. The zero-order chi connectivity index (χ0) is 14.4. The van der Waals surface area contributed by atoms with Crippen LogP contribution in [0.4, 0.5) is 0 Å². The molecule has 1 fully saturated rings. The van der Waals surface area contributed by atoms with Crippen molar-refractivity contribution >= 4 is 17.6 Å². The molecule has 20 heavy (non-hydrogen) atoms. The largest absolute Gasteiger partial charge is 0.481 e. The fourth-order valence-electron chi connectivity index (χ4n) is 2.73. The molecule has 1 saturated heterocycles. The molecule has 2 rings (SSSR count). The molecular formula is C16H21ClO3. The summed E-state index contributed by atoms with van der Waals surface area (Å²) in [6.07, 6.45) is 5.71. The van der Waals surface area contributed by atoms with Crippen LogP contribution in [0.25, 0.3) is 0 Å². The van der Waals surface area contributed by atoms with Crippen molar-refractivity contribution in [1.82, 2.24) is 0 Å². The molecule has 1 aromatic carbocycles. The second-order valence-corrected chi connectivity index (χ2v) is 5.87. The first-order valence-corrected chi connectivity index (χ1v) is 7.62. The Morgan fingerprint density at radius 2 is 2.35 bits per heavy atom. The smallest absolute Gasteiger partial charge is 0.306 e. The zero-order valence-electron chi connectivity index (χ0n) is 11.6. The standard InChI is InChI=1S/C16H21ClO3/c17-14-6-1-4-12(11-14)10-13(16(18)19)5-2-7-15-8-3-9-20-15/h1,4,6,11,13,15H,2-3,5,7-10H2,(H,18,19). The van der Waals surface area contributed by atoms with Crippen molar-refractivity contribution in [3.05, 3.63) is 34.9 Å². The van der Waals surface area contributed by atoms with E-state index >= 15 is 0 Å². The van der Waals surface area contributed by atoms with Gasteiger partial charge in [-0.3, -0.25) is 4.79 Å². The highest BCUT2D eigenvalue weighted by Gasteiger charge is 2.20. The van der Waals surface area contributed by atoms with Crippen LogP contribution in [0.15, 0.2) is 24.3 Å². The molecule has 1 aliphatic rings. The van der Waals surface area contributed by atoms with Crippen LogP contribution in [-0.4, -0.2) is 23.8 Å². The number of carboxylic acids is 1. The van der Waals surface area contributed by atoms with E-state index in [2.05, 4.69) is 0 Å². The van der Waals surface area contributed by atoms with Gasteiger partial charge in [0, 0.05) is 11.6 Å². The van der Waals surface area contributed by atoms with Crippen molar-refractivity contribution in [2.45, 2.75) is 44.6 Å². The lowest BCUT2D eigenvalue weighted by Crippen LogP contribution is -2.17. The lowest BCUT2D eigenvalue weighted by atomic mass is 9.93. The molecule has 0 aromatic heterocycles. The van der Waals surface area contributed by atoms with Crippen molar-refractivity contribution in [2.24, 2.45) is 5.92 Å². The van der Waals surface area contributed by atoms with Gasteiger partial charge in [0.05, 0.1) is 12.0 Å². The normalized spacial score (nSPS) is 19.9. The first-order chi connectivity index (χ1) is 9.65. The second-order valence-electron chi connectivity index (χ2n) is 5.44. The van der Waals surface area contributed by atoms with Crippen LogP contribution in [0, 0.1) is 5.92 Å². The van der Waals surface area contributed by atoms with E-state index in [9.17, 15) is 9.90 Å². The van der Waals surface area contributed by atoms with Crippen LogP contribution >= 0.6 is 11.6 Å². The zero-order valence-corrected chi connectivity index (χ0v) is 12.3. The Morgan fingerprint density at radius 3 is 3.00 bits per heavy atom. The Kier molecular flexibility index (Phi) is 5.86. The number of rotatable bonds is 7. The van der Waals surface area contributed by atoms with Gasteiger partial charge in [0.25, 0.3) is 0 Å². The highest BCUT2D eigenvalue weighted by Crippen LogP contribution is 2.22. The molecule has 4 heteroatoms. The van der Waals surface area contributed by atoms with Crippen LogP contribution < -0.4 is 0 Å². The summed E-state index contributed by atoms with van der Waals surface area (Å²) in [5, 5.41) is 9.99. The topological polar surface area (TPSA) is 46.5 Å². The summed E-state index contributed by atoms with van der Waals surface area (Å²) < 4.78 is 5.56. The van der Waals surface area contributed by atoms with E-state index in [0.29, 0.717) is 24.0 Å². The van der Waals surface area contributed by atoms with Crippen molar-refractivity contribution in [3.63, 3.8) is 0 Å². The molecule has 0 bridgehead atoms. The predicted octanol–water partition coefficient (Wildman–Crippen LogP) is 3.93. The van der Waals surface area contributed by atoms with Gasteiger partial charge in [-0.25, -0.2) is 0 Å². The highest BCUT2D eigenvalue weighted by atomic mass is 35.5. The minimum absolute atomic E-state index is 0.338. The third-order valence-electron chi connectivity index (χ3n) is 3.82. The number of carbonyl (C=O) groups is 1. The van der Waals surface area contributed by atoms with E-state index in [1.54, 1.807) is 6.07 Å². The lowest BCUT2D eigenvalue weighted by Gasteiger charge is -2.14. The molecule has 110 valence electrons. The van der Waals surface area contributed by atoms with Gasteiger partial charge in [-0.15, -0.1) is 0 Å². The maximum Gasteiger partial charge on any atom is 0.306 e. The van der Waals surface area contributed by atoms with Gasteiger partial charge in [-0.1, -0.05) is 30.2 Å². The minimum Gasteiger partial charge on any atom is -0.481 e. The average molecular weight is 297 g/mol. The summed E-state index contributed by atoms with van der Waals surface area (Å²) in [6, 6.07) is 7.45. The molecule has 0 spiro atoms. The van der Waals surface area contributed by atoms with Crippen LogP contribution in [0.3, 0.4) is 0 Å². The first-order valence-electron chi connectivity index (χ1n) is 7.24. The minimum atomic E-state index is -0.725. The Morgan fingerprint density at radius 1 is 1.50 bits per heavy atom. The van der Waals surface area contributed by atoms with Crippen LogP contribution in [-0.2, 0) is 16.0 Å². The van der Waals surface area contributed by atoms with Crippen LogP contribution in [0.1, 0.15) is 37.7 Å². The molecule has 0 saturated carbocycles. The molecule has 1 N–H and O–H groups in total. The fraction of sp³-hybridized carbons (Fsp3) is 0.562. The quantitative estimate of drug-likeness (QED) is 0.829. The van der Waals surface area contributed by atoms with Gasteiger partial charge in [-0.2, -0.15) is 0 Å². The van der Waals surface area contributed by atoms with Gasteiger partial charge >= 0.3 is 5.97 Å². The van der Waals surface area contributed by atoms with Gasteiger partial charge in [-0.05, 0) is 49.8 Å². The maximum atomic E-state index is 11.4. The van der Waals surface area contributed by atoms with Gasteiger partial charge in [0.2, 0.25) is 0 Å². The Hall–Kier alpha value is -1.06. The van der Waals surface area contributed by atoms with E-state index in [1.807, 2.05) is 18.2 Å². The number of halogens is 1. The van der Waals surface area contributed by atoms with E-state index in [-0.39, 0.29) is 5.92 Å². The lowest BCUT2D eigenvalue weighted by molar-refractivity contribution is -0.142. The number of hydrogen-bond donors (Lipinski definition) is 1. The molecular weight excluding hydrogens is 276 g/mol. The summed E-state index contributed by atoms with van der Waals surface area (Å²) in [6.45, 7) is 0.857. The summed E-state index contributed by atoms with van der Waals surface area (Å²) in [4.78, 5) is 11.4. The van der Waals surface area contributed by atoms with Gasteiger partial charge < -0.3 is 9.84 Å². The Balaban J connectivity index is 1.82. The number of ether oxygens (including phenoxy) is 1. The fourth-order valence-corrected chi connectivity index (χ4v) is 2.94. The monoisotopic (exact) mass is 296 g/mol. The van der Waals surface area contributed by atoms with E-state index in [1.165, 1.54) is 0 Å². The third kappa shape index (κ3) is 4.80. The molecule has 3 nitrogen and oxygen atoms in total. The molecule has 2 atom stereocenters. The number of aliphatic carboxylic acids is 1. The van der Waals surface area contributed by atoms with E-state index in [4.69, 9.17) is 16.3 Å². The molecule has 1 aliphatic heterocycles. The maximum absolute atomic E-state index is 11.4. The summed E-state index contributed by atoms with van der Waals surface area (Å²) in [7, 11) is 0. The Labute approximate surface area is 124 Å². The van der Waals surface area contributed by atoms with Crippen molar-refractivity contribution in [2.75, 3.05) is 6.61 Å². The first kappa shape index (κ1) is 15.3. The number of benzene rings is 1. The average Bonchev–Trinajstić information content (AvgIpc) is 2.90. The van der Waals surface area contributed by atoms with Crippen molar-refractivity contribution < 1.29 is 14.6 Å². The molecule has 0 radical (unpaired) electrons. The summed E-state index contributed by atoms with van der Waals surface area (Å²) >= 11 is 5.93. The SMILES string of the molecule is O=C(O)C(CCCC1CCCO1)Cc1cccc(Cl)c1. The highest BCUT2D eigenvalue weighted by molar-refractivity contribution is 6.30. The number of hydrogen-bond acceptors (Lipinski definition) is 2. The molecule has 0 amide bonds. The van der Waals surface area contributed by atoms with E-state index < -0.39 is 5.97 Å². The molecule has 0 aliphatic carbocycles. The third-order valence-corrected chi connectivity index (χ3v) is 4.06. The summed E-state index contributed by atoms with van der Waals surface area (Å²) in [5.74, 6) is -1.06. The summed E-state index contributed by atoms with van der Waals surface area (Å²) in [5.41, 5.74) is 0.988. The van der Waals surface area contributed by atoms with Crippen LogP contribution in [0.2, 0.25) is 5.02 Å². The molecule has 1 aromatic rings. The van der Waals surface area contributed by atoms with Gasteiger partial charge in [0.1, 0.15) is 0 Å². The Bertz CT molecular complexity index is 441. The second kappa shape index (κ2) is 7.65. The predicted molar refractivity (Wildman–Crippen MR) is 79.1 cm³/mol. The van der Waals surface area contributed by atoms with Crippen molar-refractivity contribution in [1.29, 1.82) is 0 Å². The van der Waals surface area contributed by atoms with Gasteiger partial charge in [0.15, 0.2) is 0 Å². The van der Waals surface area contributed by atoms with Crippen molar-refractivity contribution in [3.8, 4) is 0 Å². The van der Waals surface area contributed by atoms with E-state index in [0.717, 1.165) is 37.9 Å².